The summed E-state index contributed by atoms with van der Waals surface area (Å²) >= 11 is 11.8. The second-order valence-electron chi connectivity index (χ2n) is 3.81. The fourth-order valence-electron chi connectivity index (χ4n) is 1.48. The molecule has 1 N–H and O–H groups in total. The summed E-state index contributed by atoms with van der Waals surface area (Å²) in [6.45, 7) is 5.40. The van der Waals surface area contributed by atoms with Crippen molar-refractivity contribution in [2.45, 2.75) is 32.7 Å². The lowest BCUT2D eigenvalue weighted by Gasteiger charge is -2.13. The van der Waals surface area contributed by atoms with Crippen LogP contribution in [0, 0.1) is 0 Å². The Kier molecular flexibility index (Phi) is 5.44. The smallest absolute Gasteiger partial charge is 0.0595 e. The lowest BCUT2D eigenvalue weighted by molar-refractivity contribution is 0.543. The van der Waals surface area contributed by atoms with Gasteiger partial charge in [-0.15, -0.1) is 0 Å². The van der Waals surface area contributed by atoms with Crippen LogP contribution in [-0.4, -0.2) is 12.6 Å². The van der Waals surface area contributed by atoms with Crippen LogP contribution in [0.4, 0.5) is 0 Å². The molecule has 3 heteroatoms. The summed E-state index contributed by atoms with van der Waals surface area (Å²) in [5.74, 6) is 0. The van der Waals surface area contributed by atoms with Crippen molar-refractivity contribution in [3.05, 3.63) is 33.8 Å². The van der Waals surface area contributed by atoms with Crippen molar-refractivity contribution in [1.82, 2.24) is 5.32 Å². The normalized spacial score (nSPS) is 12.8. The first-order valence-corrected chi connectivity index (χ1v) is 6.06. The van der Waals surface area contributed by atoms with Crippen LogP contribution in [0.3, 0.4) is 0 Å². The van der Waals surface area contributed by atoms with Crippen LogP contribution in [0.2, 0.25) is 10.0 Å². The molecule has 0 saturated heterocycles. The Bertz CT molecular complexity index is 312. The van der Waals surface area contributed by atoms with E-state index < -0.39 is 0 Å². The summed E-state index contributed by atoms with van der Waals surface area (Å²) in [4.78, 5) is 0. The van der Waals surface area contributed by atoms with Crippen LogP contribution in [0.25, 0.3) is 0 Å². The second-order valence-corrected chi connectivity index (χ2v) is 4.62. The van der Waals surface area contributed by atoms with Gasteiger partial charge in [-0.2, -0.15) is 0 Å². The minimum absolute atomic E-state index is 0.474. The lowest BCUT2D eigenvalue weighted by Crippen LogP contribution is -2.28. The molecular weight excluding hydrogens is 229 g/mol. The third-order valence-electron chi connectivity index (χ3n) is 2.27. The Hall–Kier alpha value is -0.240. The summed E-state index contributed by atoms with van der Waals surface area (Å²) in [6, 6.07) is 6.29. The maximum Gasteiger partial charge on any atom is 0.0595 e. The molecule has 1 unspecified atom stereocenters. The molecule has 84 valence electrons. The minimum atomic E-state index is 0.474. The summed E-state index contributed by atoms with van der Waals surface area (Å²) in [7, 11) is 0. The fraction of sp³-hybridized carbons (Fsp3) is 0.500. The highest BCUT2D eigenvalue weighted by molar-refractivity contribution is 6.42. The van der Waals surface area contributed by atoms with Crippen molar-refractivity contribution in [3.63, 3.8) is 0 Å². The van der Waals surface area contributed by atoms with E-state index in [4.69, 9.17) is 23.2 Å². The summed E-state index contributed by atoms with van der Waals surface area (Å²) in [5, 5.41) is 4.69. The Balaban J connectivity index is 2.53. The molecule has 0 radical (unpaired) electrons. The SMILES string of the molecule is CCCNC(C)Cc1ccc(Cl)c(Cl)c1. The Morgan fingerprint density at radius 3 is 2.60 bits per heavy atom. The van der Waals surface area contributed by atoms with Crippen LogP contribution in [0.15, 0.2) is 18.2 Å². The average Bonchev–Trinajstić information content (AvgIpc) is 2.20. The summed E-state index contributed by atoms with van der Waals surface area (Å²) in [5.41, 5.74) is 1.22. The maximum absolute atomic E-state index is 5.95. The molecule has 0 aliphatic heterocycles. The standard InChI is InChI=1S/C12H17Cl2N/c1-3-6-15-9(2)7-10-4-5-11(13)12(14)8-10/h4-5,8-9,15H,3,6-7H2,1-2H3. The zero-order chi connectivity index (χ0) is 11.3. The number of rotatable bonds is 5. The van der Waals surface area contributed by atoms with Gasteiger partial charge in [0.25, 0.3) is 0 Å². The van der Waals surface area contributed by atoms with Crippen LogP contribution >= 0.6 is 23.2 Å². The van der Waals surface area contributed by atoms with Crippen LogP contribution in [0.1, 0.15) is 25.8 Å². The molecule has 0 heterocycles. The predicted molar refractivity (Wildman–Crippen MR) is 67.9 cm³/mol. The molecule has 0 bridgehead atoms. The molecule has 1 aromatic carbocycles. The highest BCUT2D eigenvalue weighted by Gasteiger charge is 2.04. The molecule has 0 aliphatic rings. The van der Waals surface area contributed by atoms with E-state index in [0.717, 1.165) is 19.4 Å². The van der Waals surface area contributed by atoms with Gasteiger partial charge in [-0.05, 0) is 44.0 Å². The molecule has 0 saturated carbocycles. The summed E-state index contributed by atoms with van der Waals surface area (Å²) in [6.07, 6.45) is 2.14. The van der Waals surface area contributed by atoms with E-state index >= 15 is 0 Å². The van der Waals surface area contributed by atoms with Crippen molar-refractivity contribution in [3.8, 4) is 0 Å². The molecule has 1 atom stereocenters. The number of nitrogens with one attached hydrogen (secondary N) is 1. The van der Waals surface area contributed by atoms with E-state index in [9.17, 15) is 0 Å². The summed E-state index contributed by atoms with van der Waals surface area (Å²) < 4.78 is 0. The Labute approximate surface area is 102 Å². The van der Waals surface area contributed by atoms with Crippen molar-refractivity contribution < 1.29 is 0 Å². The molecule has 0 aliphatic carbocycles. The molecular formula is C12H17Cl2N. The van der Waals surface area contributed by atoms with E-state index in [1.54, 1.807) is 0 Å². The van der Waals surface area contributed by atoms with Crippen molar-refractivity contribution in [1.29, 1.82) is 0 Å². The van der Waals surface area contributed by atoms with Gasteiger partial charge >= 0.3 is 0 Å². The fourth-order valence-corrected chi connectivity index (χ4v) is 1.80. The van der Waals surface area contributed by atoms with E-state index in [0.29, 0.717) is 16.1 Å². The quantitative estimate of drug-likeness (QED) is 0.830. The van der Waals surface area contributed by atoms with E-state index in [2.05, 4.69) is 19.2 Å². The highest BCUT2D eigenvalue weighted by atomic mass is 35.5. The molecule has 0 amide bonds. The number of benzene rings is 1. The first kappa shape index (κ1) is 12.8. The van der Waals surface area contributed by atoms with Crippen LogP contribution in [-0.2, 0) is 6.42 Å². The van der Waals surface area contributed by atoms with Gasteiger partial charge in [0.1, 0.15) is 0 Å². The van der Waals surface area contributed by atoms with Crippen molar-refractivity contribution >= 4 is 23.2 Å². The largest absolute Gasteiger partial charge is 0.314 e. The monoisotopic (exact) mass is 245 g/mol. The van der Waals surface area contributed by atoms with E-state index in [1.807, 2.05) is 18.2 Å². The van der Waals surface area contributed by atoms with Gasteiger partial charge in [-0.1, -0.05) is 36.2 Å². The van der Waals surface area contributed by atoms with Gasteiger partial charge < -0.3 is 5.32 Å². The molecule has 0 fully saturated rings. The Morgan fingerprint density at radius 2 is 2.00 bits per heavy atom. The molecule has 1 nitrogen and oxygen atoms in total. The van der Waals surface area contributed by atoms with Crippen LogP contribution in [0.5, 0.6) is 0 Å². The Morgan fingerprint density at radius 1 is 1.27 bits per heavy atom. The zero-order valence-corrected chi connectivity index (χ0v) is 10.7. The average molecular weight is 246 g/mol. The number of hydrogen-bond donors (Lipinski definition) is 1. The second kappa shape index (κ2) is 6.37. The highest BCUT2D eigenvalue weighted by Crippen LogP contribution is 2.23. The third kappa shape index (κ3) is 4.42. The minimum Gasteiger partial charge on any atom is -0.314 e. The molecule has 0 spiro atoms. The van der Waals surface area contributed by atoms with Crippen LogP contribution < -0.4 is 5.32 Å². The van der Waals surface area contributed by atoms with Gasteiger partial charge in [0, 0.05) is 6.04 Å². The van der Waals surface area contributed by atoms with Gasteiger partial charge in [0.05, 0.1) is 10.0 Å². The molecule has 15 heavy (non-hydrogen) atoms. The number of halogens is 2. The topological polar surface area (TPSA) is 12.0 Å². The molecule has 1 rings (SSSR count). The van der Waals surface area contributed by atoms with Gasteiger partial charge in [0.2, 0.25) is 0 Å². The van der Waals surface area contributed by atoms with Gasteiger partial charge in [-0.3, -0.25) is 0 Å². The maximum atomic E-state index is 5.95. The first-order chi connectivity index (χ1) is 7.13. The van der Waals surface area contributed by atoms with E-state index in [1.165, 1.54) is 5.56 Å². The van der Waals surface area contributed by atoms with Crippen molar-refractivity contribution in [2.24, 2.45) is 0 Å². The lowest BCUT2D eigenvalue weighted by atomic mass is 10.1. The van der Waals surface area contributed by atoms with Crippen molar-refractivity contribution in [2.75, 3.05) is 6.54 Å². The molecule has 1 aromatic rings. The zero-order valence-electron chi connectivity index (χ0n) is 9.19. The first-order valence-electron chi connectivity index (χ1n) is 5.30. The predicted octanol–water partition coefficient (Wildman–Crippen LogP) is 3.92. The van der Waals surface area contributed by atoms with E-state index in [-0.39, 0.29) is 0 Å². The van der Waals surface area contributed by atoms with Gasteiger partial charge in [-0.25, -0.2) is 0 Å². The number of hydrogen-bond acceptors (Lipinski definition) is 1. The van der Waals surface area contributed by atoms with Gasteiger partial charge in [0.15, 0.2) is 0 Å². The molecule has 0 aromatic heterocycles. The third-order valence-corrected chi connectivity index (χ3v) is 3.01.